The lowest BCUT2D eigenvalue weighted by Gasteiger charge is -2.44. The van der Waals surface area contributed by atoms with Gasteiger partial charge in [-0.3, -0.25) is 28.5 Å². The molecule has 1 aliphatic heterocycles. The molecular formula is C26H44N5O18P. The standard InChI is InChI=1S/C26H44N5O18P/c1-10(21(36)31-15(25(42)43)7-8-17(34)30-14(24(40)41)6-4-5-13(27)23(38)39)28-22(37)11(2)47-20-18(29-12(3)33)26(49-50(44,45)46)48-16(9-32)19(20)35/h10-11,13-16,18-20,26,32,35H,4-9,27H2,1-3H3,(H,28,37)(H,29,33)(H,30,34)(H,31,36)(H,38,39)(H,40,41)(H,42,43)(H2,44,45,46). The van der Waals surface area contributed by atoms with Gasteiger partial charge in [0.1, 0.15) is 54.6 Å². The van der Waals surface area contributed by atoms with Crippen LogP contribution in [0.5, 0.6) is 0 Å². The molecule has 10 unspecified atom stereocenters. The zero-order valence-corrected chi connectivity index (χ0v) is 28.1. The summed E-state index contributed by atoms with van der Waals surface area (Å²) in [7, 11) is -5.26. The van der Waals surface area contributed by atoms with Crippen molar-refractivity contribution in [3.63, 3.8) is 0 Å². The van der Waals surface area contributed by atoms with Crippen LogP contribution in [0.3, 0.4) is 0 Å². The van der Waals surface area contributed by atoms with Crippen LogP contribution in [0.2, 0.25) is 0 Å². The lowest BCUT2D eigenvalue weighted by Crippen LogP contribution is -2.66. The first-order chi connectivity index (χ1) is 23.1. The highest BCUT2D eigenvalue weighted by molar-refractivity contribution is 7.46. The molecule has 0 bridgehead atoms. The lowest BCUT2D eigenvalue weighted by atomic mass is 9.96. The molecule has 10 atom stereocenters. The van der Waals surface area contributed by atoms with E-state index < -0.39 is 130 Å². The number of amides is 4. The first-order valence-corrected chi connectivity index (χ1v) is 16.6. The highest BCUT2D eigenvalue weighted by atomic mass is 31.2. The number of carboxylic acids is 3. The van der Waals surface area contributed by atoms with Crippen molar-refractivity contribution in [2.45, 2.75) is 114 Å². The number of phosphoric acid groups is 1. The molecule has 50 heavy (non-hydrogen) atoms. The SMILES string of the molecule is CC(=O)NC1C(OP(=O)(O)O)OC(CO)C(O)C1OC(C)C(=O)NC(C)C(=O)NC(CCC(=O)NC(CCCC(N)C(=O)O)C(=O)O)C(=O)O. The molecule has 23 nitrogen and oxygen atoms in total. The van der Waals surface area contributed by atoms with Crippen molar-refractivity contribution < 1.29 is 87.4 Å². The number of carbonyl (C=O) groups is 7. The zero-order valence-electron chi connectivity index (χ0n) is 27.2. The monoisotopic (exact) mass is 745 g/mol. The van der Waals surface area contributed by atoms with Crippen LogP contribution in [0.25, 0.3) is 0 Å². The fourth-order valence-electron chi connectivity index (χ4n) is 4.56. The van der Waals surface area contributed by atoms with Gasteiger partial charge in [0.15, 0.2) is 6.29 Å². The van der Waals surface area contributed by atoms with E-state index in [-0.39, 0.29) is 19.3 Å². The third-order valence-electron chi connectivity index (χ3n) is 7.18. The molecule has 0 aliphatic carbocycles. The fraction of sp³-hybridized carbons (Fsp3) is 0.731. The molecule has 0 aromatic rings. The quantitative estimate of drug-likeness (QED) is 0.0492. The van der Waals surface area contributed by atoms with Gasteiger partial charge in [0.2, 0.25) is 23.6 Å². The number of phosphoric ester groups is 1. The summed E-state index contributed by atoms with van der Waals surface area (Å²) < 4.78 is 26.8. The van der Waals surface area contributed by atoms with E-state index in [1.165, 1.54) is 0 Å². The van der Waals surface area contributed by atoms with Crippen LogP contribution in [0.1, 0.15) is 52.9 Å². The average molecular weight is 746 g/mol. The topological polar surface area (TPSA) is 380 Å². The van der Waals surface area contributed by atoms with Crippen molar-refractivity contribution in [3.05, 3.63) is 0 Å². The molecule has 0 saturated carbocycles. The first kappa shape index (κ1) is 44.2. The van der Waals surface area contributed by atoms with Gasteiger partial charge in [-0.15, -0.1) is 0 Å². The Kier molecular flexibility index (Phi) is 17.8. The van der Waals surface area contributed by atoms with E-state index in [1.54, 1.807) is 0 Å². The van der Waals surface area contributed by atoms with Crippen LogP contribution in [-0.4, -0.2) is 144 Å². The zero-order chi connectivity index (χ0) is 38.5. The molecule has 24 heteroatoms. The molecule has 13 N–H and O–H groups in total. The van der Waals surface area contributed by atoms with Crippen LogP contribution in [0.15, 0.2) is 0 Å². The third kappa shape index (κ3) is 15.0. The molecule has 4 amide bonds. The Labute approximate surface area is 284 Å². The van der Waals surface area contributed by atoms with Crippen molar-refractivity contribution in [3.8, 4) is 0 Å². The van der Waals surface area contributed by atoms with Crippen molar-refractivity contribution >= 4 is 49.4 Å². The number of rotatable bonds is 21. The number of hydrogen-bond acceptors (Lipinski definition) is 14. The van der Waals surface area contributed by atoms with E-state index in [0.717, 1.165) is 20.8 Å². The molecule has 0 radical (unpaired) electrons. The summed E-state index contributed by atoms with van der Waals surface area (Å²) in [5, 5.41) is 56.7. The smallest absolute Gasteiger partial charge is 0.472 e. The number of aliphatic hydroxyl groups excluding tert-OH is 2. The van der Waals surface area contributed by atoms with Gasteiger partial charge in [0, 0.05) is 13.3 Å². The molecule has 1 heterocycles. The molecule has 1 rings (SSSR count). The highest BCUT2D eigenvalue weighted by Gasteiger charge is 2.50. The van der Waals surface area contributed by atoms with Gasteiger partial charge in [-0.05, 0) is 39.5 Å². The molecule has 1 saturated heterocycles. The number of carbonyl (C=O) groups excluding carboxylic acids is 4. The van der Waals surface area contributed by atoms with Crippen molar-refractivity contribution in [1.29, 1.82) is 0 Å². The normalized spacial score (nSPS) is 23.6. The number of aliphatic carboxylic acids is 3. The summed E-state index contributed by atoms with van der Waals surface area (Å²) in [4.78, 5) is 102. The number of nitrogens with one attached hydrogen (secondary N) is 4. The van der Waals surface area contributed by atoms with Crippen LogP contribution in [0.4, 0.5) is 0 Å². The highest BCUT2D eigenvalue weighted by Crippen LogP contribution is 2.41. The first-order valence-electron chi connectivity index (χ1n) is 15.0. The minimum absolute atomic E-state index is 0.0477. The van der Waals surface area contributed by atoms with Gasteiger partial charge >= 0.3 is 25.7 Å². The minimum Gasteiger partial charge on any atom is -0.480 e. The van der Waals surface area contributed by atoms with Gasteiger partial charge in [-0.1, -0.05) is 0 Å². The van der Waals surface area contributed by atoms with Crippen molar-refractivity contribution in [1.82, 2.24) is 21.3 Å². The summed E-state index contributed by atoms with van der Waals surface area (Å²) in [6.07, 6.45) is -9.74. The van der Waals surface area contributed by atoms with Gasteiger partial charge in [0.05, 0.1) is 6.61 Å². The Morgan fingerprint density at radius 1 is 0.880 bits per heavy atom. The van der Waals surface area contributed by atoms with Gasteiger partial charge in [-0.2, -0.15) is 0 Å². The van der Waals surface area contributed by atoms with Crippen LogP contribution in [0, 0.1) is 0 Å². The molecule has 0 aromatic carbocycles. The van der Waals surface area contributed by atoms with E-state index in [9.17, 15) is 68.3 Å². The Morgan fingerprint density at radius 3 is 1.96 bits per heavy atom. The Hall–Kier alpha value is -3.80. The molecule has 0 spiro atoms. The van der Waals surface area contributed by atoms with E-state index in [0.29, 0.717) is 0 Å². The van der Waals surface area contributed by atoms with Crippen LogP contribution in [-0.2, 0) is 52.1 Å². The minimum atomic E-state index is -5.26. The summed E-state index contributed by atoms with van der Waals surface area (Å²) in [5.41, 5.74) is 5.37. The molecule has 1 aliphatic rings. The third-order valence-corrected chi connectivity index (χ3v) is 7.66. The van der Waals surface area contributed by atoms with Crippen molar-refractivity contribution in [2.24, 2.45) is 5.73 Å². The molecule has 1 fully saturated rings. The summed E-state index contributed by atoms with van der Waals surface area (Å²) in [6, 6.07) is -7.37. The summed E-state index contributed by atoms with van der Waals surface area (Å²) >= 11 is 0. The lowest BCUT2D eigenvalue weighted by molar-refractivity contribution is -0.261. The number of ether oxygens (including phenoxy) is 2. The average Bonchev–Trinajstić information content (AvgIpc) is 2.99. The molecular weight excluding hydrogens is 701 g/mol. The molecule has 286 valence electrons. The second-order valence-corrected chi connectivity index (χ2v) is 12.5. The number of aliphatic hydroxyl groups is 2. The Morgan fingerprint density at radius 2 is 1.46 bits per heavy atom. The van der Waals surface area contributed by atoms with Crippen molar-refractivity contribution in [2.75, 3.05) is 6.61 Å². The predicted molar refractivity (Wildman–Crippen MR) is 162 cm³/mol. The Balaban J connectivity index is 2.85. The Bertz CT molecular complexity index is 1280. The molecule has 0 aromatic heterocycles. The maximum Gasteiger partial charge on any atom is 0.472 e. The number of nitrogens with two attached hydrogens (primary N) is 1. The summed E-state index contributed by atoms with van der Waals surface area (Å²) in [6.45, 7) is 2.42. The predicted octanol–water partition coefficient (Wildman–Crippen LogP) is -4.54. The second-order valence-electron chi connectivity index (χ2n) is 11.3. The van der Waals surface area contributed by atoms with E-state index in [1.807, 2.05) is 0 Å². The number of hydrogen-bond donors (Lipinski definition) is 12. The van der Waals surface area contributed by atoms with Gasteiger partial charge in [-0.25, -0.2) is 14.2 Å². The van der Waals surface area contributed by atoms with Crippen LogP contribution >= 0.6 is 7.82 Å². The number of carboxylic acid groups (broad SMARTS) is 3. The maximum atomic E-state index is 12.9. The van der Waals surface area contributed by atoms with E-state index >= 15 is 0 Å². The largest absolute Gasteiger partial charge is 0.480 e. The van der Waals surface area contributed by atoms with Crippen LogP contribution < -0.4 is 27.0 Å². The maximum absolute atomic E-state index is 12.9. The fourth-order valence-corrected chi connectivity index (χ4v) is 5.01. The van der Waals surface area contributed by atoms with E-state index in [2.05, 4.69) is 25.8 Å². The second kappa shape index (κ2) is 20.1. The van der Waals surface area contributed by atoms with Gasteiger partial charge in [0.25, 0.3) is 0 Å². The van der Waals surface area contributed by atoms with Gasteiger partial charge < -0.3 is 71.8 Å². The van der Waals surface area contributed by atoms with E-state index in [4.69, 9.17) is 20.3 Å². The summed E-state index contributed by atoms with van der Waals surface area (Å²) in [5.74, 6) is -7.99.